The lowest BCUT2D eigenvalue weighted by atomic mass is 10.2. The summed E-state index contributed by atoms with van der Waals surface area (Å²) in [6.45, 7) is 1.44. The summed E-state index contributed by atoms with van der Waals surface area (Å²) in [6, 6.07) is 2.49. The van der Waals surface area contributed by atoms with Crippen LogP contribution in [0, 0.1) is 5.82 Å². The van der Waals surface area contributed by atoms with Gasteiger partial charge in [-0.3, -0.25) is 4.21 Å². The number of benzene rings is 1. The number of aromatic carboxylic acids is 1. The van der Waals surface area contributed by atoms with Crippen molar-refractivity contribution in [1.29, 1.82) is 0 Å². The minimum atomic E-state index is -4.20. The quantitative estimate of drug-likeness (QED) is 0.797. The average Bonchev–Trinajstić information content (AvgIpc) is 2.35. The van der Waals surface area contributed by atoms with Gasteiger partial charge in [0.2, 0.25) is 10.0 Å². The lowest BCUT2D eigenvalue weighted by molar-refractivity contribution is 0.0696. The fraction of sp³-hybridized carbons (Fsp3) is 0.364. The van der Waals surface area contributed by atoms with Gasteiger partial charge in [0, 0.05) is 28.9 Å². The molecule has 2 N–H and O–H groups in total. The van der Waals surface area contributed by atoms with Crippen LogP contribution < -0.4 is 4.72 Å². The zero-order valence-electron chi connectivity index (χ0n) is 10.8. The Morgan fingerprint density at radius 2 is 2.10 bits per heavy atom. The van der Waals surface area contributed by atoms with E-state index in [9.17, 15) is 21.8 Å². The zero-order valence-corrected chi connectivity index (χ0v) is 12.4. The van der Waals surface area contributed by atoms with E-state index in [2.05, 4.69) is 4.72 Å². The molecular weight excluding hydrogens is 309 g/mol. The Balaban J connectivity index is 3.06. The molecule has 0 bridgehead atoms. The normalized spacial score (nSPS) is 14.8. The molecule has 1 aromatic rings. The number of hydrogen-bond donors (Lipinski definition) is 2. The van der Waals surface area contributed by atoms with Crippen molar-refractivity contribution in [3.8, 4) is 0 Å². The first kappa shape index (κ1) is 16.7. The summed E-state index contributed by atoms with van der Waals surface area (Å²) < 4.78 is 50.6. The number of halogens is 1. The third kappa shape index (κ3) is 4.09. The second-order valence-electron chi connectivity index (χ2n) is 4.11. The number of carboxylic acid groups (broad SMARTS) is 1. The van der Waals surface area contributed by atoms with Gasteiger partial charge >= 0.3 is 5.97 Å². The number of carboxylic acids is 1. The summed E-state index contributed by atoms with van der Waals surface area (Å²) in [5.74, 6) is -2.41. The van der Waals surface area contributed by atoms with Gasteiger partial charge in [0.15, 0.2) is 0 Å². The van der Waals surface area contributed by atoms with Crippen molar-refractivity contribution in [2.75, 3.05) is 12.8 Å². The average molecular weight is 323 g/mol. The molecule has 112 valence electrons. The van der Waals surface area contributed by atoms with Crippen molar-refractivity contribution in [2.45, 2.75) is 17.1 Å². The highest BCUT2D eigenvalue weighted by Crippen LogP contribution is 2.16. The molecule has 0 fully saturated rings. The predicted octanol–water partition coefficient (Wildman–Crippen LogP) is 0.569. The first-order valence-corrected chi connectivity index (χ1v) is 8.60. The molecule has 20 heavy (non-hydrogen) atoms. The third-order valence-electron chi connectivity index (χ3n) is 2.60. The van der Waals surface area contributed by atoms with Crippen LogP contribution in [0.15, 0.2) is 23.1 Å². The van der Waals surface area contributed by atoms with E-state index in [4.69, 9.17) is 5.11 Å². The zero-order chi connectivity index (χ0) is 15.5. The summed E-state index contributed by atoms with van der Waals surface area (Å²) in [5.41, 5.74) is -0.334. The van der Waals surface area contributed by atoms with E-state index in [1.54, 1.807) is 6.92 Å². The highest BCUT2D eigenvalue weighted by molar-refractivity contribution is 7.89. The Morgan fingerprint density at radius 1 is 1.50 bits per heavy atom. The summed E-state index contributed by atoms with van der Waals surface area (Å²) in [7, 11) is -5.43. The predicted molar refractivity (Wildman–Crippen MR) is 72.1 cm³/mol. The fourth-order valence-corrected chi connectivity index (χ4v) is 2.92. The Bertz CT molecular complexity index is 644. The van der Waals surface area contributed by atoms with E-state index in [0.29, 0.717) is 0 Å². The van der Waals surface area contributed by atoms with E-state index in [1.807, 2.05) is 0 Å². The summed E-state index contributed by atoms with van der Waals surface area (Å²) in [4.78, 5) is 10.0. The van der Waals surface area contributed by atoms with E-state index >= 15 is 0 Å². The van der Waals surface area contributed by atoms with Gasteiger partial charge in [-0.05, 0) is 25.1 Å². The van der Waals surface area contributed by atoms with Crippen molar-refractivity contribution in [3.05, 3.63) is 29.6 Å². The van der Waals surface area contributed by atoms with Crippen molar-refractivity contribution in [3.63, 3.8) is 0 Å². The van der Waals surface area contributed by atoms with Crippen LogP contribution in [0.1, 0.15) is 17.3 Å². The molecule has 0 spiro atoms. The minimum absolute atomic E-state index is 0.137. The maximum atomic E-state index is 13.5. The highest BCUT2D eigenvalue weighted by Gasteiger charge is 2.22. The first-order chi connectivity index (χ1) is 9.15. The molecule has 2 unspecified atom stereocenters. The van der Waals surface area contributed by atoms with Crippen molar-refractivity contribution < 1.29 is 26.9 Å². The molecule has 9 heteroatoms. The first-order valence-electron chi connectivity index (χ1n) is 5.50. The number of nitrogens with one attached hydrogen (secondary N) is 1. The number of hydrogen-bond acceptors (Lipinski definition) is 4. The van der Waals surface area contributed by atoms with E-state index in [1.165, 1.54) is 6.26 Å². The van der Waals surface area contributed by atoms with Gasteiger partial charge in [0.25, 0.3) is 0 Å². The number of rotatable bonds is 6. The van der Waals surface area contributed by atoms with Crippen molar-refractivity contribution in [1.82, 2.24) is 4.72 Å². The number of sulfonamides is 1. The Hall–Kier alpha value is -1.32. The number of carbonyl (C=O) groups is 1. The van der Waals surface area contributed by atoms with Crippen LogP contribution in [0.4, 0.5) is 4.39 Å². The molecule has 0 amide bonds. The summed E-state index contributed by atoms with van der Waals surface area (Å²) in [5, 5.41) is 8.33. The Labute approximate surface area is 118 Å². The maximum Gasteiger partial charge on any atom is 0.335 e. The molecule has 0 aliphatic heterocycles. The van der Waals surface area contributed by atoms with E-state index < -0.39 is 42.8 Å². The second-order valence-corrected chi connectivity index (χ2v) is 7.65. The van der Waals surface area contributed by atoms with Crippen LogP contribution in [0.3, 0.4) is 0 Å². The molecule has 1 aromatic carbocycles. The molecule has 6 nitrogen and oxygen atoms in total. The monoisotopic (exact) mass is 323 g/mol. The molecule has 0 aliphatic carbocycles. The molecule has 0 heterocycles. The van der Waals surface area contributed by atoms with Gasteiger partial charge in [0.05, 0.1) is 5.56 Å². The SMILES string of the molecule is CC(CNS(=O)(=O)c1cc(C(=O)O)ccc1F)S(C)=O. The van der Waals surface area contributed by atoms with Crippen LogP contribution in [-0.2, 0) is 20.8 Å². The largest absolute Gasteiger partial charge is 0.478 e. The van der Waals surface area contributed by atoms with Gasteiger partial charge in [-0.15, -0.1) is 0 Å². The van der Waals surface area contributed by atoms with Crippen molar-refractivity contribution >= 4 is 26.8 Å². The van der Waals surface area contributed by atoms with Gasteiger partial charge in [-0.2, -0.15) is 0 Å². The van der Waals surface area contributed by atoms with E-state index in [-0.39, 0.29) is 12.1 Å². The smallest absolute Gasteiger partial charge is 0.335 e. The fourth-order valence-electron chi connectivity index (χ4n) is 1.26. The molecule has 0 radical (unpaired) electrons. The van der Waals surface area contributed by atoms with Crippen molar-refractivity contribution in [2.24, 2.45) is 0 Å². The van der Waals surface area contributed by atoms with Crippen LogP contribution in [0.25, 0.3) is 0 Å². The third-order valence-corrected chi connectivity index (χ3v) is 5.33. The summed E-state index contributed by atoms with van der Waals surface area (Å²) in [6.07, 6.45) is 1.42. The standard InChI is InChI=1S/C11H14FNO5S2/c1-7(19(2)16)6-13-20(17,18)10-5-8(11(14)15)3-4-9(10)12/h3-5,7,13H,6H2,1-2H3,(H,14,15). The topological polar surface area (TPSA) is 101 Å². The lowest BCUT2D eigenvalue weighted by Gasteiger charge is -2.11. The highest BCUT2D eigenvalue weighted by atomic mass is 32.2. The molecule has 0 saturated carbocycles. The van der Waals surface area contributed by atoms with Gasteiger partial charge in [-0.1, -0.05) is 0 Å². The molecule has 2 atom stereocenters. The maximum absolute atomic E-state index is 13.5. The molecule has 0 aliphatic rings. The van der Waals surface area contributed by atoms with Crippen LogP contribution >= 0.6 is 0 Å². The molecule has 1 rings (SSSR count). The van der Waals surface area contributed by atoms with Gasteiger partial charge in [-0.25, -0.2) is 22.3 Å². The van der Waals surface area contributed by atoms with Gasteiger partial charge < -0.3 is 5.11 Å². The lowest BCUT2D eigenvalue weighted by Crippen LogP contribution is -2.33. The van der Waals surface area contributed by atoms with Gasteiger partial charge in [0.1, 0.15) is 10.7 Å². The van der Waals surface area contributed by atoms with Crippen LogP contribution in [-0.4, -0.2) is 41.8 Å². The van der Waals surface area contributed by atoms with Crippen LogP contribution in [0.2, 0.25) is 0 Å². The summed E-state index contributed by atoms with van der Waals surface area (Å²) >= 11 is 0. The Kier molecular flexibility index (Phi) is 5.37. The van der Waals surface area contributed by atoms with Crippen LogP contribution in [0.5, 0.6) is 0 Å². The molecular formula is C11H14FNO5S2. The second kappa shape index (κ2) is 6.42. The Morgan fingerprint density at radius 3 is 2.60 bits per heavy atom. The molecule has 0 saturated heterocycles. The van der Waals surface area contributed by atoms with E-state index in [0.717, 1.165) is 18.2 Å². The molecule has 0 aromatic heterocycles. The minimum Gasteiger partial charge on any atom is -0.478 e.